The number of hydrogen-bond donors (Lipinski definition) is 0. The molecule has 0 aromatic heterocycles. The van der Waals surface area contributed by atoms with Crippen molar-refractivity contribution in [3.8, 4) is 11.5 Å². The maximum absolute atomic E-state index is 5.51. The third kappa shape index (κ3) is 2.76. The molecule has 0 bridgehead atoms. The summed E-state index contributed by atoms with van der Waals surface area (Å²) in [6, 6.07) is 19.4. The highest BCUT2D eigenvalue weighted by molar-refractivity contribution is 5.92. The van der Waals surface area contributed by atoms with Crippen molar-refractivity contribution in [2.45, 2.75) is 0 Å². The number of benzene rings is 3. The van der Waals surface area contributed by atoms with Gasteiger partial charge < -0.3 is 9.47 Å². The van der Waals surface area contributed by atoms with Gasteiger partial charge in [0, 0.05) is 11.5 Å². The second-order valence-electron chi connectivity index (χ2n) is 4.74. The Hall–Kier alpha value is -2.88. The Bertz CT molecular complexity index is 828. The van der Waals surface area contributed by atoms with Gasteiger partial charge in [-0.2, -0.15) is 5.11 Å². The molecule has 0 saturated heterocycles. The number of methoxy groups -OCH3 is 2. The molecule has 4 nitrogen and oxygen atoms in total. The lowest BCUT2D eigenvalue weighted by Crippen LogP contribution is -1.85. The smallest absolute Gasteiger partial charge is 0.154 e. The van der Waals surface area contributed by atoms with E-state index in [9.17, 15) is 0 Å². The standard InChI is InChI=1S/C18H16N2O2/c1-21-15-8-5-7-14(12-15)19-20-17-11-10-13-6-3-4-9-16(13)18(17)22-2/h3-12H,1-2H3. The molecule has 0 aliphatic rings. The van der Waals surface area contributed by atoms with Crippen molar-refractivity contribution < 1.29 is 9.47 Å². The van der Waals surface area contributed by atoms with Gasteiger partial charge in [-0.15, -0.1) is 5.11 Å². The topological polar surface area (TPSA) is 43.2 Å². The van der Waals surface area contributed by atoms with Crippen LogP contribution in [-0.4, -0.2) is 14.2 Å². The van der Waals surface area contributed by atoms with Crippen molar-refractivity contribution in [2.24, 2.45) is 10.2 Å². The van der Waals surface area contributed by atoms with Crippen molar-refractivity contribution in [3.05, 3.63) is 60.7 Å². The monoisotopic (exact) mass is 292 g/mol. The molecule has 0 atom stereocenters. The van der Waals surface area contributed by atoms with Crippen LogP contribution in [0, 0.1) is 0 Å². The number of azo groups is 1. The molecule has 3 aromatic rings. The van der Waals surface area contributed by atoms with Crippen molar-refractivity contribution in [3.63, 3.8) is 0 Å². The lowest BCUT2D eigenvalue weighted by molar-refractivity contribution is 0.415. The first kappa shape index (κ1) is 14.1. The summed E-state index contributed by atoms with van der Waals surface area (Å²) in [6.07, 6.45) is 0. The summed E-state index contributed by atoms with van der Waals surface area (Å²) in [7, 11) is 3.27. The Morgan fingerprint density at radius 1 is 0.773 bits per heavy atom. The Balaban J connectivity index is 2.01. The van der Waals surface area contributed by atoms with Gasteiger partial charge in [-0.25, -0.2) is 0 Å². The van der Waals surface area contributed by atoms with Crippen LogP contribution in [0.3, 0.4) is 0 Å². The first-order valence-corrected chi connectivity index (χ1v) is 6.93. The van der Waals surface area contributed by atoms with Crippen molar-refractivity contribution in [1.82, 2.24) is 0 Å². The van der Waals surface area contributed by atoms with Gasteiger partial charge >= 0.3 is 0 Å². The summed E-state index contributed by atoms with van der Waals surface area (Å²) < 4.78 is 10.7. The van der Waals surface area contributed by atoms with Crippen molar-refractivity contribution in [2.75, 3.05) is 14.2 Å². The second-order valence-corrected chi connectivity index (χ2v) is 4.74. The molecule has 0 heterocycles. The second kappa shape index (κ2) is 6.26. The van der Waals surface area contributed by atoms with Gasteiger partial charge in [-0.1, -0.05) is 36.4 Å². The van der Waals surface area contributed by atoms with Crippen LogP contribution < -0.4 is 9.47 Å². The third-order valence-electron chi connectivity index (χ3n) is 3.39. The summed E-state index contributed by atoms with van der Waals surface area (Å²) in [5.74, 6) is 1.48. The van der Waals surface area contributed by atoms with Crippen molar-refractivity contribution >= 4 is 22.1 Å². The van der Waals surface area contributed by atoms with E-state index in [0.717, 1.165) is 28.0 Å². The zero-order valence-electron chi connectivity index (χ0n) is 12.5. The first-order valence-electron chi connectivity index (χ1n) is 6.93. The van der Waals surface area contributed by atoms with Crippen molar-refractivity contribution in [1.29, 1.82) is 0 Å². The van der Waals surface area contributed by atoms with Gasteiger partial charge in [0.25, 0.3) is 0 Å². The molecule has 0 N–H and O–H groups in total. The predicted octanol–water partition coefficient (Wildman–Crippen LogP) is 5.27. The zero-order chi connectivity index (χ0) is 15.4. The zero-order valence-corrected chi connectivity index (χ0v) is 12.5. The Morgan fingerprint density at radius 3 is 2.45 bits per heavy atom. The van der Waals surface area contributed by atoms with E-state index in [4.69, 9.17) is 9.47 Å². The third-order valence-corrected chi connectivity index (χ3v) is 3.39. The lowest BCUT2D eigenvalue weighted by atomic mass is 10.1. The SMILES string of the molecule is COc1cccc(N=Nc2ccc3ccccc3c2OC)c1. The molecule has 0 aliphatic heterocycles. The van der Waals surface area contributed by atoms with E-state index in [2.05, 4.69) is 10.2 Å². The number of fused-ring (bicyclic) bond motifs is 1. The molecular formula is C18H16N2O2. The average molecular weight is 292 g/mol. The van der Waals surface area contributed by atoms with Gasteiger partial charge in [0.05, 0.1) is 19.9 Å². The molecule has 3 rings (SSSR count). The highest BCUT2D eigenvalue weighted by atomic mass is 16.5. The van der Waals surface area contributed by atoms with Crippen LogP contribution in [0.4, 0.5) is 11.4 Å². The molecule has 0 unspecified atom stereocenters. The van der Waals surface area contributed by atoms with E-state index < -0.39 is 0 Å². The fourth-order valence-corrected chi connectivity index (χ4v) is 2.31. The van der Waals surface area contributed by atoms with E-state index in [1.54, 1.807) is 14.2 Å². The van der Waals surface area contributed by atoms with Gasteiger partial charge in [0.2, 0.25) is 0 Å². The van der Waals surface area contributed by atoms with Gasteiger partial charge in [-0.05, 0) is 23.6 Å². The van der Waals surface area contributed by atoms with E-state index in [-0.39, 0.29) is 0 Å². The maximum atomic E-state index is 5.51. The van der Waals surface area contributed by atoms with Gasteiger partial charge in [0.15, 0.2) is 5.75 Å². The van der Waals surface area contributed by atoms with Crippen LogP contribution in [0.25, 0.3) is 10.8 Å². The maximum Gasteiger partial charge on any atom is 0.154 e. The van der Waals surface area contributed by atoms with Gasteiger partial charge in [-0.3, -0.25) is 0 Å². The highest BCUT2D eigenvalue weighted by Crippen LogP contribution is 2.36. The van der Waals surface area contributed by atoms with Crippen LogP contribution in [0.1, 0.15) is 0 Å². The van der Waals surface area contributed by atoms with E-state index >= 15 is 0 Å². The molecular weight excluding hydrogens is 276 g/mol. The predicted molar refractivity (Wildman–Crippen MR) is 87.7 cm³/mol. The minimum absolute atomic E-state index is 0.698. The number of nitrogens with zero attached hydrogens (tertiary/aromatic N) is 2. The van der Waals surface area contributed by atoms with E-state index in [1.807, 2.05) is 60.7 Å². The lowest BCUT2D eigenvalue weighted by Gasteiger charge is -2.07. The molecule has 0 amide bonds. The highest BCUT2D eigenvalue weighted by Gasteiger charge is 2.07. The minimum atomic E-state index is 0.698. The molecule has 22 heavy (non-hydrogen) atoms. The fourth-order valence-electron chi connectivity index (χ4n) is 2.31. The first-order chi connectivity index (χ1) is 10.8. The molecule has 0 fully saturated rings. The number of hydrogen-bond acceptors (Lipinski definition) is 4. The van der Waals surface area contributed by atoms with Crippen LogP contribution >= 0.6 is 0 Å². The summed E-state index contributed by atoms with van der Waals surface area (Å²) in [4.78, 5) is 0. The Kier molecular flexibility index (Phi) is 4.01. The normalized spacial score (nSPS) is 11.0. The van der Waals surface area contributed by atoms with Crippen LogP contribution in [0.15, 0.2) is 70.9 Å². The summed E-state index contributed by atoms with van der Waals surface area (Å²) >= 11 is 0. The summed E-state index contributed by atoms with van der Waals surface area (Å²) in [5, 5.41) is 10.7. The summed E-state index contributed by atoms with van der Waals surface area (Å²) in [5.41, 5.74) is 1.43. The van der Waals surface area contributed by atoms with E-state index in [1.165, 1.54) is 0 Å². The van der Waals surface area contributed by atoms with Crippen LogP contribution in [-0.2, 0) is 0 Å². The fraction of sp³-hybridized carbons (Fsp3) is 0.111. The van der Waals surface area contributed by atoms with Crippen LogP contribution in [0.2, 0.25) is 0 Å². The quantitative estimate of drug-likeness (QED) is 0.614. The molecule has 0 radical (unpaired) electrons. The molecule has 0 saturated carbocycles. The number of ether oxygens (including phenoxy) is 2. The molecule has 4 heteroatoms. The van der Waals surface area contributed by atoms with E-state index in [0.29, 0.717) is 5.69 Å². The van der Waals surface area contributed by atoms with Gasteiger partial charge in [0.1, 0.15) is 11.4 Å². The largest absolute Gasteiger partial charge is 0.497 e. The average Bonchev–Trinajstić information content (AvgIpc) is 2.59. The molecule has 3 aromatic carbocycles. The molecule has 0 spiro atoms. The molecule has 110 valence electrons. The Labute approximate surface area is 129 Å². The van der Waals surface area contributed by atoms with Crippen LogP contribution in [0.5, 0.6) is 11.5 Å². The minimum Gasteiger partial charge on any atom is -0.497 e. The summed E-state index contributed by atoms with van der Waals surface area (Å²) in [6.45, 7) is 0. The Morgan fingerprint density at radius 2 is 1.64 bits per heavy atom. The molecule has 0 aliphatic carbocycles. The number of rotatable bonds is 4.